The van der Waals surface area contributed by atoms with Crippen molar-refractivity contribution in [1.29, 1.82) is 0 Å². The van der Waals surface area contributed by atoms with E-state index < -0.39 is 0 Å². The molecule has 1 N–H and O–H groups in total. The smallest absolute Gasteiger partial charge is 0.0849 e. The molecule has 3 heterocycles. The van der Waals surface area contributed by atoms with Gasteiger partial charge in [-0.1, -0.05) is 0 Å². The summed E-state index contributed by atoms with van der Waals surface area (Å²) in [5.74, 6) is 0. The minimum absolute atomic E-state index is 0.117. The molecule has 2 aliphatic heterocycles. The Hall–Kier alpha value is -0.420. The summed E-state index contributed by atoms with van der Waals surface area (Å²) in [5, 5.41) is 5.58. The fraction of sp³-hybridized carbons (Fsp3) is 0.667. The van der Waals surface area contributed by atoms with Crippen molar-refractivity contribution in [3.05, 3.63) is 21.9 Å². The van der Waals surface area contributed by atoms with E-state index in [-0.39, 0.29) is 11.5 Å². The van der Waals surface area contributed by atoms with Crippen LogP contribution in [0.4, 0.5) is 0 Å². The second kappa shape index (κ2) is 4.11. The molecular formula is C12H17NO2S. The molecule has 4 heteroatoms. The third-order valence-corrected chi connectivity index (χ3v) is 4.81. The van der Waals surface area contributed by atoms with Gasteiger partial charge in [0.15, 0.2) is 0 Å². The summed E-state index contributed by atoms with van der Waals surface area (Å²) in [4.78, 5) is 1.45. The van der Waals surface area contributed by atoms with Gasteiger partial charge in [-0.05, 0) is 23.9 Å². The van der Waals surface area contributed by atoms with Crippen LogP contribution in [0.15, 0.2) is 11.4 Å². The average Bonchev–Trinajstić information content (AvgIpc) is 2.66. The third kappa shape index (κ3) is 1.52. The molecule has 2 aliphatic rings. The van der Waals surface area contributed by atoms with E-state index >= 15 is 0 Å². The van der Waals surface area contributed by atoms with E-state index in [2.05, 4.69) is 23.7 Å². The Morgan fingerprint density at radius 1 is 1.50 bits per heavy atom. The van der Waals surface area contributed by atoms with Gasteiger partial charge < -0.3 is 14.8 Å². The van der Waals surface area contributed by atoms with Crippen molar-refractivity contribution in [3.63, 3.8) is 0 Å². The topological polar surface area (TPSA) is 30.5 Å². The number of thiophene rings is 1. The summed E-state index contributed by atoms with van der Waals surface area (Å²) in [6.07, 6.45) is 0.271. The summed E-state index contributed by atoms with van der Waals surface area (Å²) in [6.45, 7) is 6.53. The molecular weight excluding hydrogens is 222 g/mol. The van der Waals surface area contributed by atoms with E-state index in [1.165, 1.54) is 10.4 Å². The van der Waals surface area contributed by atoms with Gasteiger partial charge in [0.1, 0.15) is 0 Å². The van der Waals surface area contributed by atoms with Crippen molar-refractivity contribution < 1.29 is 9.47 Å². The normalized spacial score (nSPS) is 28.7. The zero-order chi connectivity index (χ0) is 11.0. The maximum absolute atomic E-state index is 5.93. The van der Waals surface area contributed by atoms with Crippen LogP contribution >= 0.6 is 11.3 Å². The number of rotatable bonds is 2. The molecule has 3 rings (SSSR count). The van der Waals surface area contributed by atoms with Gasteiger partial charge >= 0.3 is 0 Å². The first-order chi connectivity index (χ1) is 7.83. The largest absolute Gasteiger partial charge is 0.379 e. The molecule has 3 nitrogen and oxygen atoms in total. The molecule has 1 unspecified atom stereocenters. The first kappa shape index (κ1) is 10.7. The first-order valence-corrected chi connectivity index (χ1v) is 6.65. The average molecular weight is 239 g/mol. The lowest BCUT2D eigenvalue weighted by molar-refractivity contribution is -0.144. The molecule has 1 aromatic heterocycles. The second-order valence-corrected chi connectivity index (χ2v) is 5.56. The molecule has 1 atom stereocenters. The number of ether oxygens (including phenoxy) is 2. The molecule has 16 heavy (non-hydrogen) atoms. The number of aryl methyl sites for hydroxylation is 1. The Morgan fingerprint density at radius 2 is 2.38 bits per heavy atom. The van der Waals surface area contributed by atoms with Crippen molar-refractivity contribution in [1.82, 2.24) is 5.32 Å². The lowest BCUT2D eigenvalue weighted by Gasteiger charge is -2.48. The molecule has 0 aliphatic carbocycles. The highest BCUT2D eigenvalue weighted by atomic mass is 32.1. The fourth-order valence-electron chi connectivity index (χ4n) is 2.59. The van der Waals surface area contributed by atoms with Crippen LogP contribution in [-0.2, 0) is 14.9 Å². The Balaban J connectivity index is 1.90. The lowest BCUT2D eigenvalue weighted by atomic mass is 9.76. The van der Waals surface area contributed by atoms with E-state index in [0.29, 0.717) is 0 Å². The number of morpholine rings is 1. The Labute approximate surface area is 99.8 Å². The van der Waals surface area contributed by atoms with Crippen LogP contribution in [0, 0.1) is 6.92 Å². The lowest BCUT2D eigenvalue weighted by Crippen LogP contribution is -2.61. The monoisotopic (exact) mass is 239 g/mol. The van der Waals surface area contributed by atoms with Gasteiger partial charge in [-0.3, -0.25) is 0 Å². The Bertz CT molecular complexity index is 367. The molecule has 0 radical (unpaired) electrons. The zero-order valence-corrected chi connectivity index (χ0v) is 10.3. The summed E-state index contributed by atoms with van der Waals surface area (Å²) in [5.41, 5.74) is 1.49. The van der Waals surface area contributed by atoms with Crippen molar-refractivity contribution in [2.24, 2.45) is 0 Å². The van der Waals surface area contributed by atoms with Crippen molar-refractivity contribution in [3.8, 4) is 0 Å². The van der Waals surface area contributed by atoms with Crippen LogP contribution in [0.3, 0.4) is 0 Å². The van der Waals surface area contributed by atoms with E-state index in [9.17, 15) is 0 Å². The van der Waals surface area contributed by atoms with Crippen molar-refractivity contribution in [2.45, 2.75) is 18.4 Å². The molecule has 2 saturated heterocycles. The number of hydrogen-bond donors (Lipinski definition) is 1. The molecule has 1 aromatic rings. The molecule has 0 aromatic carbocycles. The van der Waals surface area contributed by atoms with Gasteiger partial charge in [0.2, 0.25) is 0 Å². The highest BCUT2D eigenvalue weighted by Gasteiger charge is 2.49. The quantitative estimate of drug-likeness (QED) is 0.844. The third-order valence-electron chi connectivity index (χ3n) is 3.58. The highest BCUT2D eigenvalue weighted by Crippen LogP contribution is 2.41. The minimum Gasteiger partial charge on any atom is -0.379 e. The molecule has 0 amide bonds. The molecule has 88 valence electrons. The van der Waals surface area contributed by atoms with Crippen LogP contribution in [0.5, 0.6) is 0 Å². The molecule has 0 saturated carbocycles. The van der Waals surface area contributed by atoms with E-state index in [0.717, 1.165) is 32.9 Å². The van der Waals surface area contributed by atoms with E-state index in [1.807, 2.05) is 11.3 Å². The van der Waals surface area contributed by atoms with Gasteiger partial charge in [0, 0.05) is 18.0 Å². The van der Waals surface area contributed by atoms with Crippen LogP contribution in [0.2, 0.25) is 0 Å². The van der Waals surface area contributed by atoms with Crippen LogP contribution in [0.25, 0.3) is 0 Å². The van der Waals surface area contributed by atoms with Gasteiger partial charge in [0.05, 0.1) is 31.3 Å². The summed E-state index contributed by atoms with van der Waals surface area (Å²) in [6, 6.07) is 2.19. The standard InChI is InChI=1S/C12H17NO2S/c1-9-2-5-16-11(9)12(7-14-8-12)10-6-13-3-4-15-10/h2,5,10,13H,3-4,6-8H2,1H3. The zero-order valence-electron chi connectivity index (χ0n) is 9.49. The minimum atomic E-state index is 0.117. The van der Waals surface area contributed by atoms with Crippen LogP contribution < -0.4 is 5.32 Å². The summed E-state index contributed by atoms with van der Waals surface area (Å²) >= 11 is 1.84. The fourth-order valence-corrected chi connectivity index (χ4v) is 3.73. The van der Waals surface area contributed by atoms with Crippen molar-refractivity contribution in [2.75, 3.05) is 32.9 Å². The van der Waals surface area contributed by atoms with E-state index in [1.54, 1.807) is 0 Å². The first-order valence-electron chi connectivity index (χ1n) is 5.77. The summed E-state index contributed by atoms with van der Waals surface area (Å²) < 4.78 is 11.4. The van der Waals surface area contributed by atoms with Gasteiger partial charge in [-0.2, -0.15) is 0 Å². The van der Waals surface area contributed by atoms with Crippen molar-refractivity contribution >= 4 is 11.3 Å². The van der Waals surface area contributed by atoms with Gasteiger partial charge in [-0.25, -0.2) is 0 Å². The Kier molecular flexibility index (Phi) is 2.75. The highest BCUT2D eigenvalue weighted by molar-refractivity contribution is 7.10. The predicted octanol–water partition coefficient (Wildman–Crippen LogP) is 1.31. The second-order valence-electron chi connectivity index (χ2n) is 4.65. The number of nitrogens with one attached hydrogen (secondary N) is 1. The van der Waals surface area contributed by atoms with Crippen LogP contribution in [-0.4, -0.2) is 39.0 Å². The number of hydrogen-bond acceptors (Lipinski definition) is 4. The molecule has 0 spiro atoms. The van der Waals surface area contributed by atoms with Crippen LogP contribution in [0.1, 0.15) is 10.4 Å². The molecule has 2 fully saturated rings. The SMILES string of the molecule is Cc1ccsc1C1(C2CNCCO2)COC1. The maximum atomic E-state index is 5.93. The summed E-state index contributed by atoms with van der Waals surface area (Å²) in [7, 11) is 0. The van der Waals surface area contributed by atoms with Gasteiger partial charge in [-0.15, -0.1) is 11.3 Å². The maximum Gasteiger partial charge on any atom is 0.0849 e. The predicted molar refractivity (Wildman–Crippen MR) is 64.2 cm³/mol. The van der Waals surface area contributed by atoms with Gasteiger partial charge in [0.25, 0.3) is 0 Å². The molecule has 0 bridgehead atoms. The van der Waals surface area contributed by atoms with E-state index in [4.69, 9.17) is 9.47 Å². The Morgan fingerprint density at radius 3 is 2.88 bits per heavy atom.